The van der Waals surface area contributed by atoms with Crippen LogP contribution in [0.2, 0.25) is 0 Å². The predicted molar refractivity (Wildman–Crippen MR) is 65.0 cm³/mol. The third-order valence-electron chi connectivity index (χ3n) is 1.84. The Bertz CT molecular complexity index is 419. The molecule has 1 rings (SSSR count). The zero-order valence-corrected chi connectivity index (χ0v) is 11.0. The number of rotatable bonds is 5. The zero-order chi connectivity index (χ0) is 12.1. The lowest BCUT2D eigenvalue weighted by Crippen LogP contribution is -2.11. The molecule has 6 heteroatoms. The molecule has 0 aromatic heterocycles. The standard InChI is InChI=1S/C10H11BrO4S/c1-15-9-3-2-8(11)4-7(9)5-16(14)6-10(12)13/h2-4H,5-6H2,1H3,(H,12,13). The van der Waals surface area contributed by atoms with Crippen molar-refractivity contribution >= 4 is 32.7 Å². The van der Waals surface area contributed by atoms with Crippen LogP contribution in [0.25, 0.3) is 0 Å². The Labute approximate surface area is 104 Å². The topological polar surface area (TPSA) is 63.6 Å². The van der Waals surface area contributed by atoms with Gasteiger partial charge < -0.3 is 9.84 Å². The molecule has 0 bridgehead atoms. The average molecular weight is 307 g/mol. The maximum atomic E-state index is 11.5. The highest BCUT2D eigenvalue weighted by Gasteiger charge is 2.11. The van der Waals surface area contributed by atoms with Crippen LogP contribution in [0.3, 0.4) is 0 Å². The number of carboxylic acids is 1. The smallest absolute Gasteiger partial charge is 0.316 e. The van der Waals surface area contributed by atoms with Gasteiger partial charge in [0, 0.05) is 20.8 Å². The van der Waals surface area contributed by atoms with Crippen LogP contribution in [0.5, 0.6) is 5.75 Å². The molecule has 0 fully saturated rings. The second-order valence-electron chi connectivity index (χ2n) is 3.08. The van der Waals surface area contributed by atoms with Crippen LogP contribution in [0.15, 0.2) is 22.7 Å². The molecule has 0 heterocycles. The van der Waals surface area contributed by atoms with E-state index in [9.17, 15) is 9.00 Å². The highest BCUT2D eigenvalue weighted by molar-refractivity contribution is 9.10. The van der Waals surface area contributed by atoms with Crippen molar-refractivity contribution in [3.63, 3.8) is 0 Å². The minimum absolute atomic E-state index is 0.176. The highest BCUT2D eigenvalue weighted by Crippen LogP contribution is 2.24. The molecule has 1 atom stereocenters. The van der Waals surface area contributed by atoms with Gasteiger partial charge in [0.25, 0.3) is 0 Å². The van der Waals surface area contributed by atoms with Crippen LogP contribution in [-0.4, -0.2) is 28.1 Å². The number of hydrogen-bond acceptors (Lipinski definition) is 3. The molecule has 0 aliphatic rings. The lowest BCUT2D eigenvalue weighted by Gasteiger charge is -2.08. The molecular formula is C10H11BrO4S. The third kappa shape index (κ3) is 3.94. The fourth-order valence-corrected chi connectivity index (χ4v) is 2.58. The summed E-state index contributed by atoms with van der Waals surface area (Å²) in [6.45, 7) is 0. The first-order chi connectivity index (χ1) is 7.52. The summed E-state index contributed by atoms with van der Waals surface area (Å²) in [7, 11) is 0.0991. The maximum absolute atomic E-state index is 11.5. The molecule has 0 amide bonds. The van der Waals surface area contributed by atoms with Gasteiger partial charge in [-0.05, 0) is 18.2 Å². The Morgan fingerprint density at radius 2 is 2.25 bits per heavy atom. The number of benzene rings is 1. The summed E-state index contributed by atoms with van der Waals surface area (Å²) >= 11 is 3.30. The summed E-state index contributed by atoms with van der Waals surface area (Å²) in [6, 6.07) is 5.33. The Kier molecular flexibility index (Phi) is 4.95. The van der Waals surface area contributed by atoms with Gasteiger partial charge in [-0.3, -0.25) is 9.00 Å². The van der Waals surface area contributed by atoms with E-state index in [-0.39, 0.29) is 11.5 Å². The van der Waals surface area contributed by atoms with E-state index in [0.717, 1.165) is 10.0 Å². The van der Waals surface area contributed by atoms with Crippen molar-refractivity contribution in [3.8, 4) is 5.75 Å². The number of carboxylic acid groups (broad SMARTS) is 1. The van der Waals surface area contributed by atoms with Gasteiger partial charge in [0.2, 0.25) is 0 Å². The van der Waals surface area contributed by atoms with Crippen LogP contribution in [0.4, 0.5) is 0 Å². The highest BCUT2D eigenvalue weighted by atomic mass is 79.9. The molecule has 16 heavy (non-hydrogen) atoms. The normalized spacial score (nSPS) is 12.1. The lowest BCUT2D eigenvalue weighted by molar-refractivity contribution is -0.133. The van der Waals surface area contributed by atoms with E-state index in [1.807, 2.05) is 6.07 Å². The fraction of sp³-hybridized carbons (Fsp3) is 0.300. The van der Waals surface area contributed by atoms with Gasteiger partial charge in [-0.2, -0.15) is 0 Å². The van der Waals surface area contributed by atoms with Gasteiger partial charge in [0.05, 0.1) is 12.9 Å². The van der Waals surface area contributed by atoms with Gasteiger partial charge in [-0.1, -0.05) is 15.9 Å². The van der Waals surface area contributed by atoms with E-state index in [4.69, 9.17) is 9.84 Å². The van der Waals surface area contributed by atoms with Gasteiger partial charge in [0.15, 0.2) is 0 Å². The van der Waals surface area contributed by atoms with Crippen LogP contribution >= 0.6 is 15.9 Å². The first kappa shape index (κ1) is 13.2. The van der Waals surface area contributed by atoms with Crippen LogP contribution in [-0.2, 0) is 21.3 Å². The van der Waals surface area contributed by atoms with Gasteiger partial charge >= 0.3 is 5.97 Å². The summed E-state index contributed by atoms with van der Waals surface area (Å²) in [6.07, 6.45) is 0. The zero-order valence-electron chi connectivity index (χ0n) is 8.60. The molecule has 1 aromatic rings. The Balaban J connectivity index is 2.83. The molecule has 0 spiro atoms. The molecule has 0 aliphatic heterocycles. The van der Waals surface area contributed by atoms with E-state index in [0.29, 0.717) is 5.75 Å². The molecule has 1 aromatic carbocycles. The SMILES string of the molecule is COc1ccc(Br)cc1CS(=O)CC(=O)O. The molecule has 4 nitrogen and oxygen atoms in total. The number of carbonyl (C=O) groups is 1. The first-order valence-corrected chi connectivity index (χ1v) is 6.70. The monoisotopic (exact) mass is 306 g/mol. The van der Waals surface area contributed by atoms with Gasteiger partial charge in [-0.15, -0.1) is 0 Å². The predicted octanol–water partition coefficient (Wildman–Crippen LogP) is 1.79. The minimum atomic E-state index is -1.42. The van der Waals surface area contributed by atoms with Crippen molar-refractivity contribution < 1.29 is 18.8 Å². The van der Waals surface area contributed by atoms with Crippen molar-refractivity contribution in [2.45, 2.75) is 5.75 Å². The number of methoxy groups -OCH3 is 1. The van der Waals surface area contributed by atoms with Crippen LogP contribution in [0.1, 0.15) is 5.56 Å². The molecule has 0 saturated heterocycles. The molecule has 0 aliphatic carbocycles. The number of hydrogen-bond donors (Lipinski definition) is 1. The average Bonchev–Trinajstić information content (AvgIpc) is 2.16. The van der Waals surface area contributed by atoms with Crippen molar-refractivity contribution in [3.05, 3.63) is 28.2 Å². The van der Waals surface area contributed by atoms with Crippen molar-refractivity contribution in [2.24, 2.45) is 0 Å². The van der Waals surface area contributed by atoms with Gasteiger partial charge in [-0.25, -0.2) is 0 Å². The molecule has 1 unspecified atom stereocenters. The minimum Gasteiger partial charge on any atom is -0.496 e. The van der Waals surface area contributed by atoms with E-state index in [2.05, 4.69) is 15.9 Å². The molecular weight excluding hydrogens is 296 g/mol. The van der Waals surface area contributed by atoms with E-state index >= 15 is 0 Å². The second kappa shape index (κ2) is 6.00. The van der Waals surface area contributed by atoms with Crippen molar-refractivity contribution in [1.82, 2.24) is 0 Å². The van der Waals surface area contributed by atoms with Gasteiger partial charge in [0.1, 0.15) is 11.5 Å². The van der Waals surface area contributed by atoms with E-state index in [1.54, 1.807) is 12.1 Å². The Morgan fingerprint density at radius 1 is 1.56 bits per heavy atom. The summed E-state index contributed by atoms with van der Waals surface area (Å²) < 4.78 is 17.4. The Morgan fingerprint density at radius 3 is 2.81 bits per heavy atom. The first-order valence-electron chi connectivity index (χ1n) is 4.42. The number of halogens is 1. The summed E-state index contributed by atoms with van der Waals surface area (Å²) in [4.78, 5) is 10.4. The number of aliphatic carboxylic acids is 1. The van der Waals surface area contributed by atoms with Crippen LogP contribution in [0, 0.1) is 0 Å². The Hall–Kier alpha value is -0.880. The summed E-state index contributed by atoms with van der Waals surface area (Å²) in [5.41, 5.74) is 0.733. The largest absolute Gasteiger partial charge is 0.496 e. The lowest BCUT2D eigenvalue weighted by atomic mass is 10.2. The molecule has 0 radical (unpaired) electrons. The quantitative estimate of drug-likeness (QED) is 0.901. The molecule has 0 saturated carbocycles. The van der Waals surface area contributed by atoms with Crippen molar-refractivity contribution in [2.75, 3.05) is 12.9 Å². The third-order valence-corrected chi connectivity index (χ3v) is 3.54. The maximum Gasteiger partial charge on any atom is 0.316 e. The number of ether oxygens (including phenoxy) is 1. The summed E-state index contributed by atoms with van der Waals surface area (Å²) in [5, 5.41) is 8.51. The van der Waals surface area contributed by atoms with E-state index < -0.39 is 16.8 Å². The second-order valence-corrected chi connectivity index (χ2v) is 5.45. The fourth-order valence-electron chi connectivity index (χ4n) is 1.22. The summed E-state index contributed by atoms with van der Waals surface area (Å²) in [5.74, 6) is -0.626. The van der Waals surface area contributed by atoms with E-state index in [1.165, 1.54) is 7.11 Å². The molecule has 88 valence electrons. The molecule has 1 N–H and O–H groups in total. The van der Waals surface area contributed by atoms with Crippen LogP contribution < -0.4 is 4.74 Å². The van der Waals surface area contributed by atoms with Crippen molar-refractivity contribution in [1.29, 1.82) is 0 Å².